The average molecular weight is 459 g/mol. The van der Waals surface area contributed by atoms with Gasteiger partial charge in [0.05, 0.1) is 18.4 Å². The Hall–Kier alpha value is -3.95. The van der Waals surface area contributed by atoms with Crippen molar-refractivity contribution in [2.45, 2.75) is 26.5 Å². The van der Waals surface area contributed by atoms with Crippen LogP contribution in [0.1, 0.15) is 39.0 Å². The largest absolute Gasteiger partial charge is 0.493 e. The molecule has 0 spiro atoms. The van der Waals surface area contributed by atoms with Gasteiger partial charge in [0.15, 0.2) is 23.1 Å². The highest BCUT2D eigenvalue weighted by molar-refractivity contribution is 5.98. The van der Waals surface area contributed by atoms with Crippen LogP contribution in [0.3, 0.4) is 0 Å². The smallest absolute Gasteiger partial charge is 0.252 e. The molecule has 1 atom stereocenters. The molecule has 0 radical (unpaired) electrons. The van der Waals surface area contributed by atoms with Crippen LogP contribution in [-0.2, 0) is 11.4 Å². The average Bonchev–Trinajstić information content (AvgIpc) is 3.14. The molecule has 2 N–H and O–H groups in total. The van der Waals surface area contributed by atoms with Crippen molar-refractivity contribution < 1.29 is 32.4 Å². The van der Waals surface area contributed by atoms with Gasteiger partial charge in [-0.05, 0) is 49.7 Å². The maximum absolute atomic E-state index is 13.7. The zero-order chi connectivity index (χ0) is 24.1. The van der Waals surface area contributed by atoms with Gasteiger partial charge in [-0.1, -0.05) is 11.2 Å². The zero-order valence-electron chi connectivity index (χ0n) is 18.5. The Labute approximate surface area is 188 Å². The number of ether oxygens (including phenoxy) is 2. The van der Waals surface area contributed by atoms with Gasteiger partial charge in [0.2, 0.25) is 5.91 Å². The molecule has 0 aliphatic carbocycles. The number of methoxy groups -OCH3 is 1. The molecule has 0 saturated carbocycles. The summed E-state index contributed by atoms with van der Waals surface area (Å²) in [5.74, 6) is -2.09. The number of aryl methyl sites for hydroxylation is 2. The number of benzene rings is 2. The molecule has 1 aromatic heterocycles. The number of hydrogen-bond acceptors (Lipinski definition) is 6. The Morgan fingerprint density at radius 2 is 1.85 bits per heavy atom. The number of nitrogens with zero attached hydrogens (tertiary/aromatic N) is 1. The second-order valence-electron chi connectivity index (χ2n) is 7.15. The fourth-order valence-corrected chi connectivity index (χ4v) is 3.14. The third-order valence-corrected chi connectivity index (χ3v) is 5.04. The zero-order valence-corrected chi connectivity index (χ0v) is 18.5. The molecule has 0 saturated heterocycles. The van der Waals surface area contributed by atoms with Gasteiger partial charge < -0.3 is 24.6 Å². The Balaban J connectivity index is 1.80. The van der Waals surface area contributed by atoms with E-state index < -0.39 is 29.5 Å². The first-order valence-corrected chi connectivity index (χ1v) is 9.95. The third kappa shape index (κ3) is 5.28. The van der Waals surface area contributed by atoms with E-state index in [1.807, 2.05) is 0 Å². The van der Waals surface area contributed by atoms with E-state index in [4.69, 9.17) is 14.0 Å². The topological polar surface area (TPSA) is 103 Å². The maximum atomic E-state index is 13.7. The van der Waals surface area contributed by atoms with Crippen LogP contribution in [0.2, 0.25) is 0 Å². The van der Waals surface area contributed by atoms with E-state index >= 15 is 0 Å². The summed E-state index contributed by atoms with van der Waals surface area (Å²) in [6.45, 7) is 3.77. The van der Waals surface area contributed by atoms with E-state index in [-0.39, 0.29) is 17.7 Å². The number of halogens is 2. The number of hydrogen-bond donors (Lipinski definition) is 2. The minimum absolute atomic E-state index is 0.0907. The highest BCUT2D eigenvalue weighted by Crippen LogP contribution is 2.30. The van der Waals surface area contributed by atoms with Crippen LogP contribution < -0.4 is 20.1 Å². The summed E-state index contributed by atoms with van der Waals surface area (Å²) in [7, 11) is 2.80. The Bertz CT molecular complexity index is 1160. The molecule has 174 valence electrons. The summed E-state index contributed by atoms with van der Waals surface area (Å²) < 4.78 is 43.2. The molecule has 1 heterocycles. The van der Waals surface area contributed by atoms with E-state index in [0.29, 0.717) is 23.0 Å². The quantitative estimate of drug-likeness (QED) is 0.536. The molecule has 0 bridgehead atoms. The number of carbonyl (C=O) groups excluding carboxylic acids is 2. The number of nitrogens with one attached hydrogen (secondary N) is 2. The van der Waals surface area contributed by atoms with Crippen molar-refractivity contribution in [3.8, 4) is 11.5 Å². The van der Waals surface area contributed by atoms with Gasteiger partial charge in [-0.2, -0.15) is 0 Å². The Kier molecular flexibility index (Phi) is 7.27. The molecule has 33 heavy (non-hydrogen) atoms. The van der Waals surface area contributed by atoms with Gasteiger partial charge in [-0.25, -0.2) is 8.78 Å². The van der Waals surface area contributed by atoms with Crippen LogP contribution in [0, 0.1) is 25.5 Å². The highest BCUT2D eigenvalue weighted by atomic mass is 19.2. The van der Waals surface area contributed by atoms with E-state index in [2.05, 4.69) is 15.8 Å². The van der Waals surface area contributed by atoms with Crippen molar-refractivity contribution in [2.75, 3.05) is 14.2 Å². The lowest BCUT2D eigenvalue weighted by atomic mass is 10.0. The second-order valence-corrected chi connectivity index (χ2v) is 7.15. The van der Waals surface area contributed by atoms with Crippen LogP contribution in [0.5, 0.6) is 11.5 Å². The molecule has 8 nitrogen and oxygen atoms in total. The molecule has 10 heteroatoms. The van der Waals surface area contributed by atoms with Crippen molar-refractivity contribution in [1.29, 1.82) is 0 Å². The van der Waals surface area contributed by atoms with Gasteiger partial charge in [0, 0.05) is 12.6 Å². The Morgan fingerprint density at radius 1 is 1.09 bits per heavy atom. The molecule has 0 aliphatic rings. The minimum atomic E-state index is -1.24. The van der Waals surface area contributed by atoms with Crippen molar-refractivity contribution in [3.63, 3.8) is 0 Å². The van der Waals surface area contributed by atoms with E-state index in [1.54, 1.807) is 19.9 Å². The van der Waals surface area contributed by atoms with Crippen molar-refractivity contribution >= 4 is 11.8 Å². The van der Waals surface area contributed by atoms with Crippen molar-refractivity contribution in [3.05, 3.63) is 76.2 Å². The number of aromatic nitrogens is 1. The van der Waals surface area contributed by atoms with Crippen LogP contribution in [0.25, 0.3) is 0 Å². The lowest BCUT2D eigenvalue weighted by Crippen LogP contribution is -2.39. The predicted octanol–water partition coefficient (Wildman–Crippen LogP) is 3.37. The predicted molar refractivity (Wildman–Crippen MR) is 114 cm³/mol. The highest BCUT2D eigenvalue weighted by Gasteiger charge is 2.24. The van der Waals surface area contributed by atoms with E-state index in [9.17, 15) is 18.4 Å². The van der Waals surface area contributed by atoms with Gasteiger partial charge in [0.1, 0.15) is 18.4 Å². The number of amides is 2. The first-order valence-electron chi connectivity index (χ1n) is 9.95. The monoisotopic (exact) mass is 459 g/mol. The van der Waals surface area contributed by atoms with Gasteiger partial charge >= 0.3 is 0 Å². The lowest BCUT2D eigenvalue weighted by molar-refractivity contribution is -0.122. The fraction of sp³-hybridized carbons (Fsp3) is 0.261. The summed E-state index contributed by atoms with van der Waals surface area (Å²) in [6.07, 6.45) is 0. The summed E-state index contributed by atoms with van der Waals surface area (Å²) >= 11 is 0. The number of likely N-dealkylation sites (N-methyl/N-ethyl adjacent to an activating group) is 1. The van der Waals surface area contributed by atoms with Crippen LogP contribution in [0.15, 0.2) is 40.9 Å². The normalized spacial score (nSPS) is 11.6. The van der Waals surface area contributed by atoms with Crippen LogP contribution in [-0.4, -0.2) is 31.1 Å². The van der Waals surface area contributed by atoms with Gasteiger partial charge in [0.25, 0.3) is 5.91 Å². The lowest BCUT2D eigenvalue weighted by Gasteiger charge is -2.18. The van der Waals surface area contributed by atoms with Gasteiger partial charge in [-0.15, -0.1) is 0 Å². The molecule has 0 aliphatic heterocycles. The minimum Gasteiger partial charge on any atom is -0.493 e. The standard InChI is InChI=1S/C23H23F2N3O5/c1-12-16(13(2)33-28-12)11-32-19-8-6-15(10-20(19)31-4)22(29)27-21(23(30)26-3)14-5-7-17(24)18(25)9-14/h5-10,21H,11H2,1-4H3,(H,26,30)(H,27,29). The summed E-state index contributed by atoms with van der Waals surface area (Å²) in [5.41, 5.74) is 1.78. The molecule has 3 rings (SSSR count). The molecular weight excluding hydrogens is 436 g/mol. The first-order chi connectivity index (χ1) is 15.7. The molecule has 1 unspecified atom stereocenters. The molecule has 2 amide bonds. The molecule has 3 aromatic rings. The van der Waals surface area contributed by atoms with Crippen molar-refractivity contribution in [1.82, 2.24) is 15.8 Å². The van der Waals surface area contributed by atoms with Gasteiger partial charge in [-0.3, -0.25) is 9.59 Å². The molecule has 0 fully saturated rings. The van der Waals surface area contributed by atoms with E-state index in [1.165, 1.54) is 32.4 Å². The van der Waals surface area contributed by atoms with Crippen LogP contribution >= 0.6 is 0 Å². The SMILES string of the molecule is CNC(=O)C(NC(=O)c1ccc(OCc2c(C)noc2C)c(OC)c1)c1ccc(F)c(F)c1. The van der Waals surface area contributed by atoms with E-state index in [0.717, 1.165) is 17.7 Å². The number of rotatable bonds is 8. The third-order valence-electron chi connectivity index (χ3n) is 5.04. The second kappa shape index (κ2) is 10.1. The van der Waals surface area contributed by atoms with Crippen molar-refractivity contribution in [2.24, 2.45) is 0 Å². The summed E-state index contributed by atoms with van der Waals surface area (Å²) in [5, 5.41) is 8.80. The number of carbonyl (C=O) groups is 2. The summed E-state index contributed by atoms with van der Waals surface area (Å²) in [4.78, 5) is 25.1. The Morgan fingerprint density at radius 3 is 2.45 bits per heavy atom. The fourth-order valence-electron chi connectivity index (χ4n) is 3.14. The maximum Gasteiger partial charge on any atom is 0.252 e. The molecule has 2 aromatic carbocycles. The first kappa shape index (κ1) is 23.7. The molecular formula is C23H23F2N3O5. The van der Waals surface area contributed by atoms with Crippen LogP contribution in [0.4, 0.5) is 8.78 Å². The summed E-state index contributed by atoms with van der Waals surface area (Å²) in [6, 6.07) is 6.24.